The number of aromatic nitrogens is 1. The second-order valence-corrected chi connectivity index (χ2v) is 10.2. The fourth-order valence-corrected chi connectivity index (χ4v) is 5.80. The van der Waals surface area contributed by atoms with Gasteiger partial charge in [0, 0.05) is 6.20 Å². The Morgan fingerprint density at radius 3 is 2.67 bits per heavy atom. The number of nitrogens with one attached hydrogen (secondary N) is 2. The minimum atomic E-state index is -0.203. The van der Waals surface area contributed by atoms with Crippen LogP contribution in [0.3, 0.4) is 0 Å². The van der Waals surface area contributed by atoms with E-state index in [-0.39, 0.29) is 6.04 Å². The zero-order valence-electron chi connectivity index (χ0n) is 21.5. The van der Waals surface area contributed by atoms with Crippen molar-refractivity contribution in [3.05, 3.63) is 64.4 Å². The molecule has 2 aromatic carbocycles. The Morgan fingerprint density at radius 2 is 1.94 bits per heavy atom. The molecule has 0 aliphatic carbocycles. The van der Waals surface area contributed by atoms with E-state index in [9.17, 15) is 0 Å². The van der Waals surface area contributed by atoms with Crippen LogP contribution >= 0.6 is 11.3 Å². The molecular weight excluding hydrogens is 470 g/mol. The van der Waals surface area contributed by atoms with Gasteiger partial charge < -0.3 is 19.7 Å². The Morgan fingerprint density at radius 1 is 1.14 bits per heavy atom. The van der Waals surface area contributed by atoms with Crippen molar-refractivity contribution < 1.29 is 9.47 Å². The molecule has 1 aromatic heterocycles. The van der Waals surface area contributed by atoms with E-state index in [0.29, 0.717) is 11.5 Å². The van der Waals surface area contributed by atoms with Crippen LogP contribution in [0.15, 0.2) is 53.4 Å². The van der Waals surface area contributed by atoms with E-state index in [4.69, 9.17) is 20.0 Å². The molecule has 0 spiro atoms. The van der Waals surface area contributed by atoms with E-state index in [1.165, 1.54) is 42.6 Å². The summed E-state index contributed by atoms with van der Waals surface area (Å²) in [5.74, 6) is 1.36. The summed E-state index contributed by atoms with van der Waals surface area (Å²) in [5, 5.41) is 8.31. The molecule has 4 rings (SSSR count). The van der Waals surface area contributed by atoms with Gasteiger partial charge in [-0.25, -0.2) is 10.5 Å². The molecule has 2 heterocycles. The maximum atomic E-state index is 7.74. The number of benzene rings is 2. The summed E-state index contributed by atoms with van der Waals surface area (Å²) in [6.07, 6.45) is 8.58. The molecule has 1 unspecified atom stereocenters. The minimum absolute atomic E-state index is 0.203. The lowest BCUT2D eigenvalue weighted by molar-refractivity contribution is 0.226. The number of allylic oxidation sites excluding steroid dienone is 1. The number of piperidine rings is 1. The van der Waals surface area contributed by atoms with Crippen molar-refractivity contribution in [1.82, 2.24) is 15.2 Å². The average molecular weight is 508 g/mol. The van der Waals surface area contributed by atoms with Crippen molar-refractivity contribution in [1.29, 1.82) is 5.53 Å². The van der Waals surface area contributed by atoms with Gasteiger partial charge in [0.2, 0.25) is 0 Å². The van der Waals surface area contributed by atoms with Crippen molar-refractivity contribution in [2.45, 2.75) is 51.5 Å². The van der Waals surface area contributed by atoms with E-state index in [2.05, 4.69) is 40.5 Å². The zero-order valence-corrected chi connectivity index (χ0v) is 22.4. The Kier molecular flexibility index (Phi) is 9.30. The van der Waals surface area contributed by atoms with E-state index < -0.39 is 0 Å². The highest BCUT2D eigenvalue weighted by Gasteiger charge is 2.20. The molecule has 3 aromatic rings. The summed E-state index contributed by atoms with van der Waals surface area (Å²) in [6, 6.07) is 12.2. The van der Waals surface area contributed by atoms with Gasteiger partial charge in [-0.15, -0.1) is 11.3 Å². The number of likely N-dealkylation sites (tertiary alicyclic amines) is 1. The van der Waals surface area contributed by atoms with Crippen LogP contribution in [0.4, 0.5) is 0 Å². The lowest BCUT2D eigenvalue weighted by atomic mass is 10.1. The fourth-order valence-electron chi connectivity index (χ4n) is 4.68. The van der Waals surface area contributed by atoms with Crippen molar-refractivity contribution in [2.75, 3.05) is 33.9 Å². The topological polar surface area (TPSA) is 82.8 Å². The summed E-state index contributed by atoms with van der Waals surface area (Å²) in [4.78, 5) is 7.48. The van der Waals surface area contributed by atoms with Crippen LogP contribution in [0.1, 0.15) is 61.2 Å². The zero-order chi connectivity index (χ0) is 25.3. The van der Waals surface area contributed by atoms with Gasteiger partial charge in [-0.3, -0.25) is 0 Å². The SMILES string of the molecule is CCc1ccc2nc(C(N/C=C(/CCCN3CCCCC3)N=N)c3ccc(OC)c(OC)c3)sc2c1. The van der Waals surface area contributed by atoms with Crippen LogP contribution < -0.4 is 14.8 Å². The highest BCUT2D eigenvalue weighted by Crippen LogP contribution is 2.35. The third kappa shape index (κ3) is 6.42. The normalized spacial score (nSPS) is 15.6. The van der Waals surface area contributed by atoms with Crippen LogP contribution in [-0.4, -0.2) is 43.7 Å². The molecule has 1 saturated heterocycles. The summed E-state index contributed by atoms with van der Waals surface area (Å²) in [7, 11) is 3.29. The number of hydrogen-bond donors (Lipinski definition) is 2. The molecule has 1 atom stereocenters. The number of hydrogen-bond acceptors (Lipinski definition) is 8. The molecule has 7 nitrogen and oxygen atoms in total. The van der Waals surface area contributed by atoms with Gasteiger partial charge >= 0.3 is 0 Å². The summed E-state index contributed by atoms with van der Waals surface area (Å²) < 4.78 is 12.2. The quantitative estimate of drug-likeness (QED) is 0.267. The summed E-state index contributed by atoms with van der Waals surface area (Å²) in [5.41, 5.74) is 11.8. The Hall–Kier alpha value is -2.97. The Labute approximate surface area is 218 Å². The first-order valence-electron chi connectivity index (χ1n) is 12.8. The number of aryl methyl sites for hydroxylation is 1. The Balaban J connectivity index is 1.58. The number of nitrogens with zero attached hydrogens (tertiary/aromatic N) is 3. The van der Waals surface area contributed by atoms with E-state index in [1.54, 1.807) is 25.6 Å². The molecule has 1 aliphatic heterocycles. The van der Waals surface area contributed by atoms with Crippen molar-refractivity contribution in [3.63, 3.8) is 0 Å². The Bertz CT molecular complexity index is 1190. The van der Waals surface area contributed by atoms with Crippen molar-refractivity contribution in [3.8, 4) is 11.5 Å². The first-order chi connectivity index (χ1) is 17.6. The average Bonchev–Trinajstić information content (AvgIpc) is 3.35. The molecule has 0 amide bonds. The molecule has 1 fully saturated rings. The number of rotatable bonds is 12. The largest absolute Gasteiger partial charge is 0.493 e. The highest BCUT2D eigenvalue weighted by molar-refractivity contribution is 7.18. The van der Waals surface area contributed by atoms with Gasteiger partial charge in [0.05, 0.1) is 30.1 Å². The first-order valence-corrected chi connectivity index (χ1v) is 13.6. The van der Waals surface area contributed by atoms with Gasteiger partial charge in [-0.1, -0.05) is 25.5 Å². The van der Waals surface area contributed by atoms with Crippen molar-refractivity contribution >= 4 is 21.6 Å². The third-order valence-corrected chi connectivity index (χ3v) is 7.86. The van der Waals surface area contributed by atoms with Gasteiger partial charge in [0.25, 0.3) is 0 Å². The monoisotopic (exact) mass is 507 g/mol. The molecule has 192 valence electrons. The minimum Gasteiger partial charge on any atom is -0.493 e. The van der Waals surface area contributed by atoms with Crippen LogP contribution in [0, 0.1) is 5.53 Å². The van der Waals surface area contributed by atoms with Crippen LogP contribution in [0.5, 0.6) is 11.5 Å². The molecule has 0 saturated carbocycles. The van der Waals surface area contributed by atoms with Gasteiger partial charge in [0.15, 0.2) is 11.5 Å². The molecule has 0 radical (unpaired) electrons. The van der Waals surface area contributed by atoms with Gasteiger partial charge in [-0.2, -0.15) is 5.11 Å². The molecule has 36 heavy (non-hydrogen) atoms. The number of thiazole rings is 1. The van der Waals surface area contributed by atoms with E-state index in [1.807, 2.05) is 24.4 Å². The molecule has 1 aliphatic rings. The smallest absolute Gasteiger partial charge is 0.161 e. The lowest BCUT2D eigenvalue weighted by Crippen LogP contribution is -2.30. The molecular formula is C28H37N5O2S. The van der Waals surface area contributed by atoms with Gasteiger partial charge in [-0.05, 0) is 87.1 Å². The second-order valence-electron chi connectivity index (χ2n) is 9.18. The van der Waals surface area contributed by atoms with Crippen LogP contribution in [-0.2, 0) is 6.42 Å². The summed E-state index contributed by atoms with van der Waals surface area (Å²) in [6.45, 7) is 5.60. The summed E-state index contributed by atoms with van der Waals surface area (Å²) >= 11 is 1.69. The van der Waals surface area contributed by atoms with Gasteiger partial charge in [0.1, 0.15) is 11.0 Å². The fraction of sp³-hybridized carbons (Fsp3) is 0.464. The maximum Gasteiger partial charge on any atom is 0.161 e. The first kappa shape index (κ1) is 26.1. The predicted molar refractivity (Wildman–Crippen MR) is 146 cm³/mol. The van der Waals surface area contributed by atoms with E-state index >= 15 is 0 Å². The van der Waals surface area contributed by atoms with Crippen molar-refractivity contribution in [2.24, 2.45) is 5.11 Å². The number of methoxy groups -OCH3 is 2. The maximum absolute atomic E-state index is 7.74. The number of fused-ring (bicyclic) bond motifs is 1. The van der Waals surface area contributed by atoms with Crippen LogP contribution in [0.2, 0.25) is 0 Å². The predicted octanol–water partition coefficient (Wildman–Crippen LogP) is 6.69. The number of ether oxygens (including phenoxy) is 2. The van der Waals surface area contributed by atoms with E-state index in [0.717, 1.165) is 47.6 Å². The molecule has 8 heteroatoms. The second kappa shape index (κ2) is 12.8. The third-order valence-electron chi connectivity index (χ3n) is 6.78. The highest BCUT2D eigenvalue weighted by atomic mass is 32.1. The van der Waals surface area contributed by atoms with Crippen LogP contribution in [0.25, 0.3) is 10.2 Å². The molecule has 0 bridgehead atoms. The standard InChI is InChI=1S/C28H37N5O2S/c1-4-20-10-12-23-26(17-20)36-28(31-23)27(21-11-13-24(34-2)25(18-21)35-3)30-19-22(32-29)9-8-16-33-14-6-5-7-15-33/h10-13,17-19,27,29-30H,4-9,14-16H2,1-3H3/b22-19-,32-29?. The molecule has 2 N–H and O–H groups in total. The lowest BCUT2D eigenvalue weighted by Gasteiger charge is -2.26.